The Balaban J connectivity index is 0.000000277. The van der Waals surface area contributed by atoms with Crippen molar-refractivity contribution >= 4 is 34.7 Å². The van der Waals surface area contributed by atoms with Crippen LogP contribution in [-0.2, 0) is 29.2 Å². The Hall–Kier alpha value is -6.17. The first kappa shape index (κ1) is 39.5. The zero-order valence-corrected chi connectivity index (χ0v) is 32.0. The Morgan fingerprint density at radius 2 is 1.43 bits per heavy atom. The van der Waals surface area contributed by atoms with Gasteiger partial charge in [0.1, 0.15) is 36.1 Å². The molecule has 0 radical (unpaired) electrons. The standard InChI is InChI=1S/C28H36N6O6.C10H9N3O3/c1-28(2,3)40-27(36)34(18-19-15-22-23(16-29-19)39-14-13-38-22)20-7-9-32(10-8-20)11-12-33-25(35)17-30-21-5-6-24(37-4)31-26(21)33;1-16-8-3-2-7-10(12-8)13(4-5-14)9(15)6-11-7/h5-6,15-17,20H,7-14,18H2,1-4H3;2-3,5-6H,4H2,1H3. The molecule has 0 aliphatic carbocycles. The molecule has 0 atom stereocenters. The molecule has 0 N–H and O–H groups in total. The van der Waals surface area contributed by atoms with E-state index in [0.29, 0.717) is 90.4 Å². The van der Waals surface area contributed by atoms with E-state index in [1.807, 2.05) is 26.8 Å². The summed E-state index contributed by atoms with van der Waals surface area (Å²) in [6.07, 6.45) is 5.95. The van der Waals surface area contributed by atoms with Crippen LogP contribution in [0.1, 0.15) is 39.3 Å². The zero-order chi connectivity index (χ0) is 39.8. The number of methoxy groups -OCH3 is 2. The molecule has 2 aliphatic rings. The first-order valence-corrected chi connectivity index (χ1v) is 18.2. The first-order valence-electron chi connectivity index (χ1n) is 18.2. The second kappa shape index (κ2) is 17.5. The van der Waals surface area contributed by atoms with Crippen molar-refractivity contribution in [1.82, 2.24) is 43.9 Å². The number of likely N-dealkylation sites (tertiary alicyclic amines) is 1. The van der Waals surface area contributed by atoms with Gasteiger partial charge < -0.3 is 33.4 Å². The van der Waals surface area contributed by atoms with Crippen LogP contribution in [0.5, 0.6) is 23.3 Å². The Bertz CT molecular complexity index is 2300. The lowest BCUT2D eigenvalue weighted by Gasteiger charge is -2.39. The number of carbonyl (C=O) groups excluding carboxylic acids is 2. The molecule has 18 nitrogen and oxygen atoms in total. The highest BCUT2D eigenvalue weighted by Gasteiger charge is 2.32. The van der Waals surface area contributed by atoms with Crippen molar-refractivity contribution in [2.45, 2.75) is 64.9 Å². The number of nitrogens with zero attached hydrogens (tertiary/aromatic N) is 9. The molecule has 0 saturated carbocycles. The predicted molar refractivity (Wildman–Crippen MR) is 203 cm³/mol. The summed E-state index contributed by atoms with van der Waals surface area (Å²) in [5, 5.41) is 0. The fourth-order valence-corrected chi connectivity index (χ4v) is 6.35. The molecule has 7 rings (SSSR count). The van der Waals surface area contributed by atoms with Gasteiger partial charge in [0, 0.05) is 50.4 Å². The first-order chi connectivity index (χ1) is 27.0. The van der Waals surface area contributed by atoms with Crippen LogP contribution in [0.3, 0.4) is 0 Å². The average Bonchev–Trinajstić information content (AvgIpc) is 3.20. The second-order valence-electron chi connectivity index (χ2n) is 14.0. The van der Waals surface area contributed by atoms with E-state index in [-0.39, 0.29) is 29.8 Å². The lowest BCUT2D eigenvalue weighted by Crippen LogP contribution is -2.49. The molecule has 0 aromatic carbocycles. The third-order valence-corrected chi connectivity index (χ3v) is 9.09. The van der Waals surface area contributed by atoms with Crippen LogP contribution in [0.2, 0.25) is 0 Å². The molecule has 296 valence electrons. The number of rotatable bonds is 10. The topological polar surface area (TPSA) is 195 Å². The van der Waals surface area contributed by atoms with Gasteiger partial charge in [-0.1, -0.05) is 0 Å². The molecule has 5 aromatic heterocycles. The van der Waals surface area contributed by atoms with Gasteiger partial charge in [-0.3, -0.25) is 28.6 Å². The maximum atomic E-state index is 13.3. The Kier molecular flexibility index (Phi) is 12.4. The summed E-state index contributed by atoms with van der Waals surface area (Å²) in [7, 11) is 3.02. The highest BCUT2D eigenvalue weighted by atomic mass is 16.6. The fourth-order valence-electron chi connectivity index (χ4n) is 6.35. The van der Waals surface area contributed by atoms with E-state index < -0.39 is 5.60 Å². The Labute approximate surface area is 322 Å². The number of hydrogen-bond acceptors (Lipinski definition) is 15. The summed E-state index contributed by atoms with van der Waals surface area (Å²) in [6, 6.07) is 8.67. The average molecular weight is 772 g/mol. The molecular formula is C38H45N9O9. The summed E-state index contributed by atoms with van der Waals surface area (Å²) in [5.74, 6) is 2.06. The number of pyridine rings is 3. The van der Waals surface area contributed by atoms with Gasteiger partial charge in [0.25, 0.3) is 11.1 Å². The van der Waals surface area contributed by atoms with Crippen LogP contribution in [-0.4, -0.2) is 115 Å². The number of ether oxygens (including phenoxy) is 5. The van der Waals surface area contributed by atoms with Gasteiger partial charge >= 0.3 is 6.09 Å². The molecule has 7 heterocycles. The van der Waals surface area contributed by atoms with E-state index in [1.54, 1.807) is 47.0 Å². The van der Waals surface area contributed by atoms with Crippen LogP contribution in [0.25, 0.3) is 22.3 Å². The van der Waals surface area contributed by atoms with E-state index in [2.05, 4.69) is 29.8 Å². The van der Waals surface area contributed by atoms with Crippen LogP contribution >= 0.6 is 0 Å². The van der Waals surface area contributed by atoms with Crippen LogP contribution in [0, 0.1) is 0 Å². The third kappa shape index (κ3) is 9.55. The normalized spacial score (nSPS) is 14.4. The number of carbonyl (C=O) groups is 2. The number of hydrogen-bond donors (Lipinski definition) is 0. The van der Waals surface area contributed by atoms with Gasteiger partial charge in [-0.2, -0.15) is 9.97 Å². The van der Waals surface area contributed by atoms with Crippen molar-refractivity contribution in [3.8, 4) is 23.3 Å². The molecule has 5 aromatic rings. The lowest BCUT2D eigenvalue weighted by molar-refractivity contribution is -0.108. The van der Waals surface area contributed by atoms with Crippen molar-refractivity contribution in [2.75, 3.05) is 47.1 Å². The van der Waals surface area contributed by atoms with Crippen molar-refractivity contribution in [1.29, 1.82) is 0 Å². The molecule has 0 spiro atoms. The summed E-state index contributed by atoms with van der Waals surface area (Å²) in [6.45, 7) is 9.51. The highest BCUT2D eigenvalue weighted by Crippen LogP contribution is 2.31. The molecule has 0 bridgehead atoms. The van der Waals surface area contributed by atoms with E-state index in [4.69, 9.17) is 23.7 Å². The van der Waals surface area contributed by atoms with Crippen molar-refractivity contribution in [3.05, 3.63) is 75.3 Å². The molecule has 2 aliphatic heterocycles. The van der Waals surface area contributed by atoms with Gasteiger partial charge in [0.05, 0.1) is 51.6 Å². The fraction of sp³-hybridized carbons (Fsp3) is 0.447. The van der Waals surface area contributed by atoms with E-state index in [1.165, 1.54) is 24.1 Å². The van der Waals surface area contributed by atoms with Crippen LogP contribution in [0.15, 0.2) is 58.5 Å². The van der Waals surface area contributed by atoms with Gasteiger partial charge in [-0.25, -0.2) is 14.8 Å². The van der Waals surface area contributed by atoms with E-state index >= 15 is 0 Å². The molecule has 18 heteroatoms. The molecule has 0 unspecified atom stereocenters. The summed E-state index contributed by atoms with van der Waals surface area (Å²) in [4.78, 5) is 73.2. The van der Waals surface area contributed by atoms with E-state index in [0.717, 1.165) is 25.9 Å². The number of aromatic nitrogens is 7. The number of aldehydes is 1. The summed E-state index contributed by atoms with van der Waals surface area (Å²) in [5.41, 5.74) is 1.56. The largest absolute Gasteiger partial charge is 0.486 e. The minimum atomic E-state index is -0.618. The molecule has 1 saturated heterocycles. The van der Waals surface area contributed by atoms with Gasteiger partial charge in [0.15, 0.2) is 22.8 Å². The Morgan fingerprint density at radius 3 is 2.02 bits per heavy atom. The minimum absolute atomic E-state index is 0.0171. The summed E-state index contributed by atoms with van der Waals surface area (Å²) < 4.78 is 30.2. The molecule has 56 heavy (non-hydrogen) atoms. The number of fused-ring (bicyclic) bond motifs is 3. The monoisotopic (exact) mass is 771 g/mol. The lowest BCUT2D eigenvalue weighted by atomic mass is 10.0. The smallest absolute Gasteiger partial charge is 0.410 e. The van der Waals surface area contributed by atoms with Gasteiger partial charge in [-0.05, 0) is 45.7 Å². The van der Waals surface area contributed by atoms with Crippen LogP contribution < -0.4 is 30.1 Å². The molecular weight excluding hydrogens is 726 g/mol. The highest BCUT2D eigenvalue weighted by molar-refractivity contribution is 5.72. The maximum absolute atomic E-state index is 13.3. The van der Waals surface area contributed by atoms with Crippen molar-refractivity contribution in [3.63, 3.8) is 0 Å². The maximum Gasteiger partial charge on any atom is 0.410 e. The predicted octanol–water partition coefficient (Wildman–Crippen LogP) is 2.87. The minimum Gasteiger partial charge on any atom is -0.486 e. The van der Waals surface area contributed by atoms with E-state index in [9.17, 15) is 19.2 Å². The second-order valence-corrected chi connectivity index (χ2v) is 14.0. The number of amides is 1. The molecule has 1 amide bonds. The SMILES string of the molecule is COc1ccc2ncc(=O)n(CC=O)c2n1.COc1ccc2ncc(=O)n(CCN3CCC(N(Cc4cc5c(cn4)OCCO5)C(=O)OC(C)(C)C)CC3)c2n1. The van der Waals surface area contributed by atoms with Crippen molar-refractivity contribution < 1.29 is 33.3 Å². The zero-order valence-electron chi connectivity index (χ0n) is 32.0. The third-order valence-electron chi connectivity index (χ3n) is 9.09. The van der Waals surface area contributed by atoms with Crippen LogP contribution in [0.4, 0.5) is 4.79 Å². The van der Waals surface area contributed by atoms with Gasteiger partial charge in [0.2, 0.25) is 11.8 Å². The molecule has 1 fully saturated rings. The quantitative estimate of drug-likeness (QED) is 0.188. The van der Waals surface area contributed by atoms with Gasteiger partial charge in [-0.15, -0.1) is 0 Å². The Morgan fingerprint density at radius 1 is 0.839 bits per heavy atom. The number of piperidine rings is 1. The summed E-state index contributed by atoms with van der Waals surface area (Å²) >= 11 is 0. The van der Waals surface area contributed by atoms with Crippen molar-refractivity contribution in [2.24, 2.45) is 0 Å².